The molecule has 0 aromatic rings. The van der Waals surface area contributed by atoms with Gasteiger partial charge in [-0.3, -0.25) is 24.0 Å². The van der Waals surface area contributed by atoms with Crippen molar-refractivity contribution in [3.8, 4) is 0 Å². The molecule has 0 radical (unpaired) electrons. The van der Waals surface area contributed by atoms with Crippen LogP contribution >= 0.6 is 0 Å². The number of aliphatic carboxylic acids is 2. The van der Waals surface area contributed by atoms with Crippen LogP contribution in [0.25, 0.3) is 0 Å². The molecule has 9 N–H and O–H groups in total. The number of primary amides is 1. The minimum Gasteiger partial charge on any atom is -0.481 e. The Hall–Kier alpha value is -3.22. The molecule has 0 aromatic carbocycles. The summed E-state index contributed by atoms with van der Waals surface area (Å²) >= 11 is 0. The highest BCUT2D eigenvalue weighted by Gasteiger charge is 2.32. The van der Waals surface area contributed by atoms with Crippen LogP contribution in [-0.2, 0) is 28.8 Å². The largest absolute Gasteiger partial charge is 0.481 e. The van der Waals surface area contributed by atoms with Crippen molar-refractivity contribution in [2.75, 3.05) is 0 Å². The summed E-state index contributed by atoms with van der Waals surface area (Å²) in [6.45, 7) is 7.06. The van der Waals surface area contributed by atoms with E-state index in [0.29, 0.717) is 6.42 Å². The highest BCUT2D eigenvalue weighted by molar-refractivity contribution is 5.96. The normalized spacial score (nSPS) is 15.5. The molecule has 0 bridgehead atoms. The summed E-state index contributed by atoms with van der Waals surface area (Å²) in [5.41, 5.74) is 11.0. The molecular formula is C20H35N5O8. The van der Waals surface area contributed by atoms with Crippen LogP contribution in [0.2, 0.25) is 0 Å². The second-order valence-electron chi connectivity index (χ2n) is 8.33. The van der Waals surface area contributed by atoms with E-state index < -0.39 is 72.6 Å². The van der Waals surface area contributed by atoms with Crippen LogP contribution in [0.15, 0.2) is 0 Å². The van der Waals surface area contributed by atoms with Gasteiger partial charge in [-0.05, 0) is 18.3 Å². The third kappa shape index (κ3) is 11.3. The van der Waals surface area contributed by atoms with Gasteiger partial charge < -0.3 is 37.6 Å². The van der Waals surface area contributed by atoms with Crippen LogP contribution in [0.4, 0.5) is 0 Å². The minimum atomic E-state index is -1.71. The van der Waals surface area contributed by atoms with E-state index in [2.05, 4.69) is 16.0 Å². The van der Waals surface area contributed by atoms with Crippen molar-refractivity contribution in [1.82, 2.24) is 16.0 Å². The minimum absolute atomic E-state index is 0.0700. The molecule has 0 aliphatic heterocycles. The zero-order valence-corrected chi connectivity index (χ0v) is 19.3. The number of amides is 4. The summed E-state index contributed by atoms with van der Waals surface area (Å²) in [5.74, 6) is -6.72. The Morgan fingerprint density at radius 2 is 1.27 bits per heavy atom. The Morgan fingerprint density at radius 3 is 1.70 bits per heavy atom. The van der Waals surface area contributed by atoms with Crippen molar-refractivity contribution in [3.63, 3.8) is 0 Å². The van der Waals surface area contributed by atoms with Gasteiger partial charge in [0.15, 0.2) is 0 Å². The molecule has 0 aliphatic rings. The molecule has 13 nitrogen and oxygen atoms in total. The number of hydrogen-bond donors (Lipinski definition) is 7. The third-order valence-corrected chi connectivity index (χ3v) is 4.93. The average Bonchev–Trinajstić information content (AvgIpc) is 2.69. The van der Waals surface area contributed by atoms with Crippen molar-refractivity contribution >= 4 is 35.6 Å². The molecule has 0 aromatic heterocycles. The summed E-state index contributed by atoms with van der Waals surface area (Å²) in [6, 6.07) is -5.33. The number of nitrogens with two attached hydrogens (primary N) is 2. The van der Waals surface area contributed by atoms with E-state index >= 15 is 0 Å². The molecule has 0 saturated carbocycles. The van der Waals surface area contributed by atoms with Crippen molar-refractivity contribution in [3.05, 3.63) is 0 Å². The van der Waals surface area contributed by atoms with Gasteiger partial charge in [0.25, 0.3) is 0 Å². The topological polar surface area (TPSA) is 231 Å². The van der Waals surface area contributed by atoms with Gasteiger partial charge in [-0.2, -0.15) is 0 Å². The number of carbonyl (C=O) groups is 6. The van der Waals surface area contributed by atoms with E-state index in [-0.39, 0.29) is 18.3 Å². The maximum absolute atomic E-state index is 12.8. The number of nitrogens with one attached hydrogen (secondary N) is 3. The van der Waals surface area contributed by atoms with Crippen molar-refractivity contribution in [1.29, 1.82) is 0 Å². The van der Waals surface area contributed by atoms with Gasteiger partial charge >= 0.3 is 11.9 Å². The van der Waals surface area contributed by atoms with Gasteiger partial charge in [-0.1, -0.05) is 34.1 Å². The molecule has 0 fully saturated rings. The maximum Gasteiger partial charge on any atom is 0.326 e. The van der Waals surface area contributed by atoms with Crippen LogP contribution < -0.4 is 27.4 Å². The zero-order valence-electron chi connectivity index (χ0n) is 19.3. The van der Waals surface area contributed by atoms with E-state index in [1.807, 2.05) is 6.92 Å². The highest BCUT2D eigenvalue weighted by atomic mass is 16.4. The first kappa shape index (κ1) is 29.8. The molecule has 13 heteroatoms. The van der Waals surface area contributed by atoms with E-state index in [0.717, 1.165) is 0 Å². The molecule has 0 aliphatic carbocycles. The summed E-state index contributed by atoms with van der Waals surface area (Å²) in [7, 11) is 0. The first-order valence-electron chi connectivity index (χ1n) is 10.6. The zero-order chi connectivity index (χ0) is 25.9. The van der Waals surface area contributed by atoms with Gasteiger partial charge in [-0.25, -0.2) is 4.79 Å². The van der Waals surface area contributed by atoms with Crippen LogP contribution in [-0.4, -0.2) is 69.9 Å². The summed E-state index contributed by atoms with van der Waals surface area (Å²) in [6.07, 6.45) is -0.756. The monoisotopic (exact) mass is 473 g/mol. The number of hydrogen-bond acceptors (Lipinski definition) is 7. The predicted molar refractivity (Wildman–Crippen MR) is 116 cm³/mol. The van der Waals surface area contributed by atoms with Crippen LogP contribution in [0, 0.1) is 11.8 Å². The number of carboxylic acid groups (broad SMARTS) is 2. The van der Waals surface area contributed by atoms with Crippen molar-refractivity contribution < 1.29 is 39.0 Å². The summed E-state index contributed by atoms with van der Waals surface area (Å²) in [5, 5.41) is 24.8. The lowest BCUT2D eigenvalue weighted by molar-refractivity contribution is -0.147. The molecule has 5 unspecified atom stereocenters. The Labute approximate surface area is 192 Å². The van der Waals surface area contributed by atoms with E-state index in [1.54, 1.807) is 20.8 Å². The standard InChI is InChI=1S/C20H35N5O8/c1-5-10(4)16(22)19(31)24-12(7-14(21)26)18(30)23-11(6-9(2)3)17(29)25-13(20(32)33)8-15(27)28/h9-13,16H,5-8,22H2,1-4H3,(H2,21,26)(H,23,30)(H,24,31)(H,25,29)(H,27,28)(H,32,33). The van der Waals surface area contributed by atoms with E-state index in [9.17, 15) is 28.8 Å². The lowest BCUT2D eigenvalue weighted by atomic mass is 9.98. The van der Waals surface area contributed by atoms with E-state index in [4.69, 9.17) is 21.7 Å². The van der Waals surface area contributed by atoms with Crippen molar-refractivity contribution in [2.24, 2.45) is 23.3 Å². The molecule has 0 heterocycles. The lowest BCUT2D eigenvalue weighted by Gasteiger charge is -2.26. The fraction of sp³-hybridized carbons (Fsp3) is 0.700. The molecule has 33 heavy (non-hydrogen) atoms. The summed E-state index contributed by atoms with van der Waals surface area (Å²) in [4.78, 5) is 71.4. The third-order valence-electron chi connectivity index (χ3n) is 4.93. The Balaban J connectivity index is 5.58. The molecular weight excluding hydrogens is 438 g/mol. The molecule has 188 valence electrons. The maximum atomic E-state index is 12.8. The Morgan fingerprint density at radius 1 is 0.788 bits per heavy atom. The first-order valence-corrected chi connectivity index (χ1v) is 10.6. The Bertz CT molecular complexity index is 742. The molecule has 0 rings (SSSR count). The highest BCUT2D eigenvalue weighted by Crippen LogP contribution is 2.09. The van der Waals surface area contributed by atoms with Crippen molar-refractivity contribution in [2.45, 2.75) is 77.5 Å². The van der Waals surface area contributed by atoms with Gasteiger partial charge in [0.1, 0.15) is 18.1 Å². The molecule has 0 saturated heterocycles. The SMILES string of the molecule is CCC(C)C(N)C(=O)NC(CC(N)=O)C(=O)NC(CC(C)C)C(=O)NC(CC(=O)O)C(=O)O. The molecule has 5 atom stereocenters. The quantitative estimate of drug-likeness (QED) is 0.143. The average molecular weight is 474 g/mol. The fourth-order valence-electron chi connectivity index (χ4n) is 2.81. The van der Waals surface area contributed by atoms with Gasteiger partial charge in [0, 0.05) is 0 Å². The van der Waals surface area contributed by atoms with Crippen LogP contribution in [0.5, 0.6) is 0 Å². The smallest absolute Gasteiger partial charge is 0.326 e. The van der Waals surface area contributed by atoms with Gasteiger partial charge in [0.2, 0.25) is 23.6 Å². The molecule has 0 spiro atoms. The number of rotatable bonds is 15. The fourth-order valence-corrected chi connectivity index (χ4v) is 2.81. The van der Waals surface area contributed by atoms with Crippen LogP contribution in [0.3, 0.4) is 0 Å². The van der Waals surface area contributed by atoms with Crippen LogP contribution in [0.1, 0.15) is 53.4 Å². The second kappa shape index (κ2) is 14.0. The van der Waals surface area contributed by atoms with E-state index in [1.165, 1.54) is 0 Å². The first-order chi connectivity index (χ1) is 15.2. The molecule has 4 amide bonds. The van der Waals surface area contributed by atoms with Gasteiger partial charge in [0.05, 0.1) is 18.9 Å². The lowest BCUT2D eigenvalue weighted by Crippen LogP contribution is -2.58. The predicted octanol–water partition coefficient (Wildman–Crippen LogP) is -1.70. The summed E-state index contributed by atoms with van der Waals surface area (Å²) < 4.78 is 0. The number of carbonyl (C=O) groups excluding carboxylic acids is 4. The Kier molecular flexibility index (Phi) is 12.7. The number of carboxylic acids is 2. The van der Waals surface area contributed by atoms with Gasteiger partial charge in [-0.15, -0.1) is 0 Å². The second-order valence-corrected chi connectivity index (χ2v) is 8.33.